The third-order valence-electron chi connectivity index (χ3n) is 1.89. The Morgan fingerprint density at radius 2 is 2.36 bits per heavy atom. The molecular weight excluding hydrogens is 246 g/mol. The number of nitrogens with zero attached hydrogens (tertiary/aromatic N) is 3. The third-order valence-corrected chi connectivity index (χ3v) is 2.45. The van der Waals surface area contributed by atoms with E-state index < -0.39 is 0 Å². The fraction of sp³-hybridized carbons (Fsp3) is 0.556. The van der Waals surface area contributed by atoms with E-state index in [9.17, 15) is 0 Å². The Labute approximate surface area is 92.1 Å². The number of aliphatic hydroxyl groups excluding tert-OH is 1. The van der Waals surface area contributed by atoms with Crippen molar-refractivity contribution in [1.29, 1.82) is 0 Å². The highest BCUT2D eigenvalue weighted by Crippen LogP contribution is 2.20. The Hall–Kier alpha value is -0.680. The van der Waals surface area contributed by atoms with Crippen LogP contribution in [0, 0.1) is 0 Å². The van der Waals surface area contributed by atoms with E-state index in [0.29, 0.717) is 0 Å². The number of rotatable bonds is 4. The molecule has 1 atom stereocenters. The van der Waals surface area contributed by atoms with Crippen LogP contribution in [0.3, 0.4) is 0 Å². The normalized spacial score (nSPS) is 12.6. The lowest BCUT2D eigenvalue weighted by Crippen LogP contribution is -2.23. The molecule has 0 aliphatic carbocycles. The summed E-state index contributed by atoms with van der Waals surface area (Å²) >= 11 is 3.37. The van der Waals surface area contributed by atoms with Gasteiger partial charge in [0.2, 0.25) is 0 Å². The van der Waals surface area contributed by atoms with Crippen molar-refractivity contribution in [1.82, 2.24) is 9.97 Å². The molecule has 4 nitrogen and oxygen atoms in total. The molecule has 1 N–H and O–H groups in total. The molecule has 0 saturated carbocycles. The average Bonchev–Trinajstić information content (AvgIpc) is 2.15. The van der Waals surface area contributed by atoms with E-state index in [4.69, 9.17) is 5.11 Å². The molecule has 1 heterocycles. The molecule has 1 rings (SSSR count). The molecule has 0 aliphatic rings. The molecule has 0 amide bonds. The van der Waals surface area contributed by atoms with Gasteiger partial charge in [-0.3, -0.25) is 0 Å². The van der Waals surface area contributed by atoms with Crippen LogP contribution < -0.4 is 4.90 Å². The van der Waals surface area contributed by atoms with Crippen LogP contribution in [0.2, 0.25) is 0 Å². The van der Waals surface area contributed by atoms with E-state index in [1.54, 1.807) is 13.1 Å². The number of aromatic nitrogens is 2. The second-order valence-electron chi connectivity index (χ2n) is 3.25. The zero-order valence-corrected chi connectivity index (χ0v) is 9.90. The molecule has 78 valence electrons. The van der Waals surface area contributed by atoms with Gasteiger partial charge in [0, 0.05) is 19.8 Å². The summed E-state index contributed by atoms with van der Waals surface area (Å²) in [5.74, 6) is 0.848. The molecular formula is C9H14BrN3O. The van der Waals surface area contributed by atoms with Crippen molar-refractivity contribution in [3.8, 4) is 0 Å². The quantitative estimate of drug-likeness (QED) is 0.890. The summed E-state index contributed by atoms with van der Waals surface area (Å²) in [5, 5.41) is 9.15. The summed E-state index contributed by atoms with van der Waals surface area (Å²) in [4.78, 5) is 10.0. The number of aliphatic hydroxyl groups is 1. The molecule has 5 heteroatoms. The van der Waals surface area contributed by atoms with E-state index in [-0.39, 0.29) is 6.10 Å². The van der Waals surface area contributed by atoms with Gasteiger partial charge in [-0.15, -0.1) is 0 Å². The Kier molecular flexibility index (Phi) is 4.28. The largest absolute Gasteiger partial charge is 0.393 e. The van der Waals surface area contributed by atoms with Crippen LogP contribution in [0.25, 0.3) is 0 Å². The first-order valence-corrected chi connectivity index (χ1v) is 5.25. The number of hydrogen-bond donors (Lipinski definition) is 1. The maximum Gasteiger partial charge on any atom is 0.146 e. The molecule has 1 unspecified atom stereocenters. The first-order chi connectivity index (χ1) is 6.61. The number of anilines is 1. The van der Waals surface area contributed by atoms with Gasteiger partial charge in [0.1, 0.15) is 12.1 Å². The third kappa shape index (κ3) is 3.23. The van der Waals surface area contributed by atoms with Crippen molar-refractivity contribution in [3.05, 3.63) is 17.0 Å². The van der Waals surface area contributed by atoms with E-state index in [1.165, 1.54) is 6.33 Å². The monoisotopic (exact) mass is 259 g/mol. The standard InChI is InChI=1S/C9H14BrN3O/c1-7(14)3-4-13(2)9-8(10)5-11-6-12-9/h5-7,14H,3-4H2,1-2H3. The predicted molar refractivity (Wildman–Crippen MR) is 59.3 cm³/mol. The van der Waals surface area contributed by atoms with E-state index in [0.717, 1.165) is 23.3 Å². The van der Waals surface area contributed by atoms with E-state index >= 15 is 0 Å². The van der Waals surface area contributed by atoms with Gasteiger partial charge in [-0.1, -0.05) is 0 Å². The summed E-state index contributed by atoms with van der Waals surface area (Å²) < 4.78 is 0.869. The van der Waals surface area contributed by atoms with Gasteiger partial charge < -0.3 is 10.0 Å². The smallest absolute Gasteiger partial charge is 0.146 e. The van der Waals surface area contributed by atoms with Crippen molar-refractivity contribution in [3.63, 3.8) is 0 Å². The first-order valence-electron chi connectivity index (χ1n) is 4.46. The van der Waals surface area contributed by atoms with Gasteiger partial charge >= 0.3 is 0 Å². The van der Waals surface area contributed by atoms with E-state index in [1.807, 2.05) is 11.9 Å². The molecule has 0 fully saturated rings. The molecule has 1 aromatic heterocycles. The number of halogens is 1. The van der Waals surface area contributed by atoms with Crippen LogP contribution in [0.1, 0.15) is 13.3 Å². The van der Waals surface area contributed by atoms with Gasteiger partial charge in [0.05, 0.1) is 10.6 Å². The van der Waals surface area contributed by atoms with Crippen LogP contribution in [0.4, 0.5) is 5.82 Å². The molecule has 0 spiro atoms. The first kappa shape index (κ1) is 11.4. The van der Waals surface area contributed by atoms with Crippen molar-refractivity contribution >= 4 is 21.7 Å². The lowest BCUT2D eigenvalue weighted by atomic mass is 10.3. The average molecular weight is 260 g/mol. The highest BCUT2D eigenvalue weighted by molar-refractivity contribution is 9.10. The summed E-state index contributed by atoms with van der Waals surface area (Å²) in [6.45, 7) is 2.55. The fourth-order valence-electron chi connectivity index (χ4n) is 1.07. The maximum absolute atomic E-state index is 9.15. The summed E-state index contributed by atoms with van der Waals surface area (Å²) in [7, 11) is 1.94. The van der Waals surface area contributed by atoms with Crippen molar-refractivity contribution in [2.24, 2.45) is 0 Å². The van der Waals surface area contributed by atoms with Crippen molar-refractivity contribution in [2.45, 2.75) is 19.4 Å². The molecule has 1 aromatic rings. The van der Waals surface area contributed by atoms with Crippen LogP contribution in [-0.4, -0.2) is 34.8 Å². The Morgan fingerprint density at radius 3 is 2.93 bits per heavy atom. The van der Waals surface area contributed by atoms with Gasteiger partial charge in [-0.05, 0) is 29.3 Å². The van der Waals surface area contributed by atoms with Crippen LogP contribution >= 0.6 is 15.9 Å². The summed E-state index contributed by atoms with van der Waals surface area (Å²) in [6, 6.07) is 0. The highest BCUT2D eigenvalue weighted by atomic mass is 79.9. The minimum Gasteiger partial charge on any atom is -0.393 e. The number of hydrogen-bond acceptors (Lipinski definition) is 4. The Balaban J connectivity index is 2.60. The molecule has 0 saturated heterocycles. The summed E-state index contributed by atoms with van der Waals surface area (Å²) in [5.41, 5.74) is 0. The van der Waals surface area contributed by atoms with Gasteiger partial charge in [0.15, 0.2) is 0 Å². The van der Waals surface area contributed by atoms with Crippen molar-refractivity contribution in [2.75, 3.05) is 18.5 Å². The molecule has 0 aromatic carbocycles. The Morgan fingerprint density at radius 1 is 1.64 bits per heavy atom. The lowest BCUT2D eigenvalue weighted by Gasteiger charge is -2.19. The molecule has 0 radical (unpaired) electrons. The van der Waals surface area contributed by atoms with Crippen molar-refractivity contribution < 1.29 is 5.11 Å². The zero-order chi connectivity index (χ0) is 10.6. The van der Waals surface area contributed by atoms with Crippen LogP contribution in [-0.2, 0) is 0 Å². The fourth-order valence-corrected chi connectivity index (χ4v) is 1.60. The SMILES string of the molecule is CC(O)CCN(C)c1ncncc1Br. The van der Waals surface area contributed by atoms with Crippen LogP contribution in [0.15, 0.2) is 17.0 Å². The summed E-state index contributed by atoms with van der Waals surface area (Å²) in [6.07, 6.45) is 3.67. The zero-order valence-electron chi connectivity index (χ0n) is 8.31. The minimum absolute atomic E-state index is 0.280. The van der Waals surface area contributed by atoms with Gasteiger partial charge in [0.25, 0.3) is 0 Å². The molecule has 0 aliphatic heterocycles. The van der Waals surface area contributed by atoms with Crippen LogP contribution in [0.5, 0.6) is 0 Å². The second kappa shape index (κ2) is 5.26. The minimum atomic E-state index is -0.280. The lowest BCUT2D eigenvalue weighted by molar-refractivity contribution is 0.187. The van der Waals surface area contributed by atoms with E-state index in [2.05, 4.69) is 25.9 Å². The second-order valence-corrected chi connectivity index (χ2v) is 4.11. The molecule has 0 bridgehead atoms. The maximum atomic E-state index is 9.15. The van der Waals surface area contributed by atoms with Gasteiger partial charge in [-0.25, -0.2) is 9.97 Å². The predicted octanol–water partition coefficient (Wildman–Crippen LogP) is 1.45. The van der Waals surface area contributed by atoms with Gasteiger partial charge in [-0.2, -0.15) is 0 Å². The highest BCUT2D eigenvalue weighted by Gasteiger charge is 2.07. The Bertz CT molecular complexity index is 293. The topological polar surface area (TPSA) is 49.2 Å². The molecule has 14 heavy (non-hydrogen) atoms.